The topological polar surface area (TPSA) is 149 Å². The van der Waals surface area contributed by atoms with E-state index in [4.69, 9.17) is 5.14 Å². The van der Waals surface area contributed by atoms with E-state index in [1.807, 2.05) is 0 Å². The molecule has 0 saturated heterocycles. The molecule has 11 heteroatoms. The number of nitrogens with zero attached hydrogens (tertiary/aromatic N) is 1. The summed E-state index contributed by atoms with van der Waals surface area (Å²) in [5, 5.41) is 16.2. The average Bonchev–Trinajstić information content (AvgIpc) is 2.53. The molecule has 26 heavy (non-hydrogen) atoms. The lowest BCUT2D eigenvalue weighted by molar-refractivity contribution is -0.387. The van der Waals surface area contributed by atoms with Gasteiger partial charge >= 0.3 is 0 Å². The molecule has 0 aliphatic heterocycles. The van der Waals surface area contributed by atoms with Gasteiger partial charge in [-0.05, 0) is 37.1 Å². The van der Waals surface area contributed by atoms with Gasteiger partial charge < -0.3 is 0 Å². The van der Waals surface area contributed by atoms with Crippen molar-refractivity contribution in [2.24, 2.45) is 5.14 Å². The molecule has 0 spiro atoms. The summed E-state index contributed by atoms with van der Waals surface area (Å²) in [7, 11) is -8.18. The van der Waals surface area contributed by atoms with Crippen LogP contribution in [-0.2, 0) is 20.0 Å². The first-order valence-corrected chi connectivity index (χ1v) is 10.4. The van der Waals surface area contributed by atoms with Gasteiger partial charge in [0.25, 0.3) is 5.69 Å². The summed E-state index contributed by atoms with van der Waals surface area (Å²) in [6.45, 7) is 2.94. The van der Waals surface area contributed by atoms with Crippen molar-refractivity contribution in [3.8, 4) is 0 Å². The number of aryl methyl sites for hydroxylation is 1. The maximum absolute atomic E-state index is 12.7. The number of benzene rings is 2. The van der Waals surface area contributed by atoms with Crippen molar-refractivity contribution in [3.63, 3.8) is 0 Å². The van der Waals surface area contributed by atoms with Gasteiger partial charge in [0.05, 0.1) is 9.82 Å². The third kappa shape index (κ3) is 4.25. The molecule has 2 aromatic carbocycles. The van der Waals surface area contributed by atoms with Crippen LogP contribution in [0.3, 0.4) is 0 Å². The Bertz CT molecular complexity index is 1060. The summed E-state index contributed by atoms with van der Waals surface area (Å²) in [4.78, 5) is 9.80. The van der Waals surface area contributed by atoms with Crippen molar-refractivity contribution >= 4 is 25.7 Å². The first-order chi connectivity index (χ1) is 11.9. The van der Waals surface area contributed by atoms with Crippen LogP contribution in [0.5, 0.6) is 0 Å². The van der Waals surface area contributed by atoms with E-state index in [-0.39, 0.29) is 10.5 Å². The Balaban J connectivity index is 2.44. The molecule has 0 heterocycles. The first kappa shape index (κ1) is 20.0. The predicted molar refractivity (Wildman–Crippen MR) is 94.4 cm³/mol. The van der Waals surface area contributed by atoms with E-state index in [0.717, 1.165) is 6.07 Å². The van der Waals surface area contributed by atoms with Crippen LogP contribution in [-0.4, -0.2) is 21.8 Å². The lowest BCUT2D eigenvalue weighted by Crippen LogP contribution is -2.28. The minimum Gasteiger partial charge on any atom is -0.258 e. The van der Waals surface area contributed by atoms with Gasteiger partial charge in [0.1, 0.15) is 0 Å². The molecular formula is C15H17N3O6S2. The van der Waals surface area contributed by atoms with Crippen molar-refractivity contribution in [1.82, 2.24) is 4.72 Å². The fourth-order valence-corrected chi connectivity index (χ4v) is 4.65. The number of hydrogen-bond acceptors (Lipinski definition) is 6. The fourth-order valence-electron chi connectivity index (χ4n) is 2.45. The van der Waals surface area contributed by atoms with E-state index in [0.29, 0.717) is 5.56 Å². The summed E-state index contributed by atoms with van der Waals surface area (Å²) in [5.74, 6) is 0. The van der Waals surface area contributed by atoms with Gasteiger partial charge in [0.15, 0.2) is 4.90 Å². The molecule has 1 unspecified atom stereocenters. The molecule has 3 N–H and O–H groups in total. The number of primary sulfonamides is 1. The number of nitrogens with two attached hydrogens (primary N) is 1. The van der Waals surface area contributed by atoms with Crippen LogP contribution in [0.4, 0.5) is 5.69 Å². The van der Waals surface area contributed by atoms with Gasteiger partial charge in [-0.1, -0.05) is 24.3 Å². The Morgan fingerprint density at radius 2 is 1.73 bits per heavy atom. The van der Waals surface area contributed by atoms with Gasteiger partial charge in [-0.25, -0.2) is 26.7 Å². The zero-order chi connectivity index (χ0) is 19.7. The quantitative estimate of drug-likeness (QED) is 0.556. The minimum absolute atomic E-state index is 0.164. The summed E-state index contributed by atoms with van der Waals surface area (Å²) in [6.07, 6.45) is 0. The fraction of sp³-hybridized carbons (Fsp3) is 0.200. The lowest BCUT2D eigenvalue weighted by atomic mass is 10.1. The molecule has 0 aliphatic carbocycles. The van der Waals surface area contributed by atoms with Crippen LogP contribution in [0.2, 0.25) is 0 Å². The lowest BCUT2D eigenvalue weighted by Gasteiger charge is -2.16. The van der Waals surface area contributed by atoms with Gasteiger partial charge in [-0.15, -0.1) is 0 Å². The number of nitro groups is 1. The molecule has 0 radical (unpaired) electrons. The van der Waals surface area contributed by atoms with Crippen molar-refractivity contribution in [3.05, 3.63) is 63.7 Å². The van der Waals surface area contributed by atoms with Crippen LogP contribution in [0.1, 0.15) is 24.1 Å². The maximum atomic E-state index is 12.7. The van der Waals surface area contributed by atoms with Crippen molar-refractivity contribution in [2.45, 2.75) is 29.7 Å². The third-order valence-corrected chi connectivity index (χ3v) is 6.32. The molecule has 0 saturated carbocycles. The normalized spacial score (nSPS) is 13.3. The Morgan fingerprint density at radius 1 is 1.12 bits per heavy atom. The maximum Gasteiger partial charge on any atom is 0.289 e. The molecule has 0 amide bonds. The highest BCUT2D eigenvalue weighted by Gasteiger charge is 2.29. The Morgan fingerprint density at radius 3 is 2.31 bits per heavy atom. The van der Waals surface area contributed by atoms with Crippen LogP contribution in [0, 0.1) is 17.0 Å². The highest BCUT2D eigenvalue weighted by molar-refractivity contribution is 7.89. The third-order valence-electron chi connectivity index (χ3n) is 3.68. The number of sulfonamides is 2. The second kappa shape index (κ2) is 7.11. The second-order valence-corrected chi connectivity index (χ2v) is 8.85. The van der Waals surface area contributed by atoms with Crippen LogP contribution >= 0.6 is 0 Å². The number of nitro benzene ring substituents is 1. The molecule has 0 fully saturated rings. The van der Waals surface area contributed by atoms with Gasteiger partial charge in [0.2, 0.25) is 20.0 Å². The smallest absolute Gasteiger partial charge is 0.258 e. The molecule has 2 aromatic rings. The van der Waals surface area contributed by atoms with Crippen LogP contribution in [0.25, 0.3) is 0 Å². The van der Waals surface area contributed by atoms with E-state index >= 15 is 0 Å². The molecule has 9 nitrogen and oxygen atoms in total. The molecule has 0 aromatic heterocycles. The zero-order valence-corrected chi connectivity index (χ0v) is 15.5. The molecule has 2 rings (SSSR count). The molecule has 0 bridgehead atoms. The molecular weight excluding hydrogens is 382 g/mol. The summed E-state index contributed by atoms with van der Waals surface area (Å²) >= 11 is 0. The number of nitrogens with one attached hydrogen (secondary N) is 1. The Hall–Kier alpha value is -2.34. The second-order valence-electron chi connectivity index (χ2n) is 5.64. The Kier molecular flexibility index (Phi) is 5.47. The highest BCUT2D eigenvalue weighted by atomic mass is 32.2. The summed E-state index contributed by atoms with van der Waals surface area (Å²) in [6, 6.07) is 8.58. The largest absolute Gasteiger partial charge is 0.289 e. The van der Waals surface area contributed by atoms with Gasteiger partial charge in [-0.3, -0.25) is 10.1 Å². The van der Waals surface area contributed by atoms with E-state index in [1.165, 1.54) is 50.2 Å². The standard InChI is InChI=1S/C15H17N3O6S2/c1-10-5-3-8-14(18(19)20)15(10)26(23,24)17-11(2)12-6-4-7-13(9-12)25(16,21)22/h3-9,11,17H,1-2H3,(H2,16,21,22). The van der Waals surface area contributed by atoms with Gasteiger partial charge in [-0.2, -0.15) is 0 Å². The zero-order valence-electron chi connectivity index (χ0n) is 13.9. The minimum atomic E-state index is -4.23. The van der Waals surface area contributed by atoms with E-state index < -0.39 is 41.6 Å². The highest BCUT2D eigenvalue weighted by Crippen LogP contribution is 2.28. The van der Waals surface area contributed by atoms with E-state index in [1.54, 1.807) is 0 Å². The van der Waals surface area contributed by atoms with Gasteiger partial charge in [0, 0.05) is 12.1 Å². The van der Waals surface area contributed by atoms with Crippen LogP contribution in [0.15, 0.2) is 52.3 Å². The summed E-state index contributed by atoms with van der Waals surface area (Å²) in [5.41, 5.74) is 0.0245. The SMILES string of the molecule is Cc1cccc([N+](=O)[O-])c1S(=O)(=O)NC(C)c1cccc(S(N)(=O)=O)c1. The monoisotopic (exact) mass is 399 g/mol. The number of hydrogen-bond donors (Lipinski definition) is 2. The average molecular weight is 399 g/mol. The summed E-state index contributed by atoms with van der Waals surface area (Å²) < 4.78 is 50.6. The Labute approximate surface area is 151 Å². The molecule has 140 valence electrons. The molecule has 0 aliphatic rings. The first-order valence-electron chi connectivity index (χ1n) is 7.32. The van der Waals surface area contributed by atoms with Crippen LogP contribution < -0.4 is 9.86 Å². The predicted octanol–water partition coefficient (Wildman–Crippen LogP) is 1.59. The van der Waals surface area contributed by atoms with Crippen molar-refractivity contribution in [2.75, 3.05) is 0 Å². The van der Waals surface area contributed by atoms with Crippen molar-refractivity contribution in [1.29, 1.82) is 0 Å². The van der Waals surface area contributed by atoms with E-state index in [2.05, 4.69) is 4.72 Å². The molecule has 1 atom stereocenters. The number of rotatable bonds is 6. The van der Waals surface area contributed by atoms with E-state index in [9.17, 15) is 26.9 Å². The van der Waals surface area contributed by atoms with Crippen molar-refractivity contribution < 1.29 is 21.8 Å².